The van der Waals surface area contributed by atoms with Crippen LogP contribution in [0.5, 0.6) is 17.2 Å². The van der Waals surface area contributed by atoms with E-state index in [9.17, 15) is 18.0 Å². The molecule has 2 unspecified atom stereocenters. The van der Waals surface area contributed by atoms with Gasteiger partial charge in [-0.05, 0) is 36.4 Å². The minimum absolute atomic E-state index is 0.131. The molecular formula is C25H21F3N4O5S. The summed E-state index contributed by atoms with van der Waals surface area (Å²) in [6, 6.07) is 10.3. The summed E-state index contributed by atoms with van der Waals surface area (Å²) >= 11 is 1.13. The molecule has 0 fully saturated rings. The van der Waals surface area contributed by atoms with Gasteiger partial charge in [-0.15, -0.1) is 10.2 Å². The number of carbonyl (C=O) groups is 1. The Morgan fingerprint density at radius 1 is 1.03 bits per heavy atom. The summed E-state index contributed by atoms with van der Waals surface area (Å²) < 4.78 is 62.6. The van der Waals surface area contributed by atoms with Crippen molar-refractivity contribution in [3.8, 4) is 28.6 Å². The number of alkyl halides is 3. The summed E-state index contributed by atoms with van der Waals surface area (Å²) in [5, 5.41) is 8.12. The van der Waals surface area contributed by atoms with E-state index in [0.29, 0.717) is 39.6 Å². The fourth-order valence-corrected chi connectivity index (χ4v) is 5.26. The molecule has 0 radical (unpaired) electrons. The van der Waals surface area contributed by atoms with E-state index >= 15 is 0 Å². The highest BCUT2D eigenvalue weighted by molar-refractivity contribution is 8.00. The lowest BCUT2D eigenvalue weighted by atomic mass is 10.0. The number of halogens is 3. The number of methoxy groups -OCH3 is 3. The molecule has 1 aliphatic heterocycles. The van der Waals surface area contributed by atoms with Crippen LogP contribution in [0.15, 0.2) is 64.4 Å². The highest BCUT2D eigenvalue weighted by Gasteiger charge is 2.40. The molecule has 5 rings (SSSR count). The number of nitrogens with zero attached hydrogens (tertiary/aromatic N) is 3. The third-order valence-corrected chi connectivity index (χ3v) is 7.18. The second kappa shape index (κ2) is 9.97. The monoisotopic (exact) mass is 546 g/mol. The Labute approximate surface area is 218 Å². The predicted octanol–water partition coefficient (Wildman–Crippen LogP) is 5.22. The van der Waals surface area contributed by atoms with Crippen molar-refractivity contribution in [2.24, 2.45) is 0 Å². The predicted molar refractivity (Wildman–Crippen MR) is 131 cm³/mol. The van der Waals surface area contributed by atoms with Crippen LogP contribution in [-0.2, 0) is 6.18 Å². The average molecular weight is 547 g/mol. The second-order valence-corrected chi connectivity index (χ2v) is 9.26. The number of carbonyl (C=O) groups excluding carboxylic acids is 1. The molecule has 4 aromatic rings. The number of hydrogen-bond acceptors (Lipinski definition) is 9. The largest absolute Gasteiger partial charge is 0.493 e. The van der Waals surface area contributed by atoms with Crippen LogP contribution in [0, 0.1) is 0 Å². The van der Waals surface area contributed by atoms with Gasteiger partial charge in [0.15, 0.2) is 23.1 Å². The molecule has 0 amide bonds. The standard InChI is InChI=1S/C25H21F3N4O5S/c1-34-17-11-14(12-18(35-2)21(17)36-3)23-29-30-24-32(23)31-19(16-5-4-10-37-16)22(38-24)20(33)13-6-8-15(9-7-13)25(26,27)28/h4-12,19,22,31H,1-3H3. The minimum atomic E-state index is -4.50. The average Bonchev–Trinajstić information content (AvgIpc) is 3.61. The highest BCUT2D eigenvalue weighted by atomic mass is 32.2. The lowest BCUT2D eigenvalue weighted by Crippen LogP contribution is -2.38. The van der Waals surface area contributed by atoms with E-state index in [0.717, 1.165) is 23.9 Å². The van der Waals surface area contributed by atoms with E-state index in [-0.39, 0.29) is 11.3 Å². The van der Waals surface area contributed by atoms with E-state index in [1.807, 2.05) is 0 Å². The number of ether oxygens (including phenoxy) is 3. The molecule has 13 heteroatoms. The Hall–Kier alpha value is -4.13. The zero-order valence-electron chi connectivity index (χ0n) is 20.3. The molecule has 2 aromatic carbocycles. The summed E-state index contributed by atoms with van der Waals surface area (Å²) in [7, 11) is 4.50. The van der Waals surface area contributed by atoms with E-state index in [4.69, 9.17) is 18.6 Å². The Bertz CT molecular complexity index is 1430. The highest BCUT2D eigenvalue weighted by Crippen LogP contribution is 2.44. The Morgan fingerprint density at radius 2 is 1.71 bits per heavy atom. The van der Waals surface area contributed by atoms with Crippen LogP contribution in [0.25, 0.3) is 11.4 Å². The SMILES string of the molecule is COc1cc(-c2nnc3n2NC(c2ccco2)C(C(=O)c2ccc(C(F)(F)F)cc2)S3)cc(OC)c1OC. The molecule has 2 aromatic heterocycles. The van der Waals surface area contributed by atoms with Crippen molar-refractivity contribution in [2.75, 3.05) is 26.8 Å². The molecule has 0 bridgehead atoms. The number of thioether (sulfide) groups is 1. The Morgan fingerprint density at radius 3 is 2.26 bits per heavy atom. The molecule has 1 aliphatic rings. The number of fused-ring (bicyclic) bond motifs is 1. The Kier molecular flexibility index (Phi) is 6.69. The van der Waals surface area contributed by atoms with Gasteiger partial charge in [0, 0.05) is 11.1 Å². The maximum Gasteiger partial charge on any atom is 0.416 e. The number of aromatic nitrogens is 3. The summed E-state index contributed by atoms with van der Waals surface area (Å²) in [5.41, 5.74) is 3.14. The molecule has 0 saturated heterocycles. The van der Waals surface area contributed by atoms with Crippen LogP contribution >= 0.6 is 11.8 Å². The molecule has 2 atom stereocenters. The smallest absolute Gasteiger partial charge is 0.416 e. The van der Waals surface area contributed by atoms with Crippen LogP contribution in [0.1, 0.15) is 27.7 Å². The number of ketones is 1. The first-order chi connectivity index (χ1) is 18.2. The second-order valence-electron chi connectivity index (χ2n) is 8.16. The molecule has 0 spiro atoms. The molecule has 1 N–H and O–H groups in total. The van der Waals surface area contributed by atoms with E-state index in [1.165, 1.54) is 39.7 Å². The summed E-state index contributed by atoms with van der Waals surface area (Å²) in [5.74, 6) is 1.72. The quantitative estimate of drug-likeness (QED) is 0.313. The number of hydrogen-bond donors (Lipinski definition) is 1. The van der Waals surface area contributed by atoms with Gasteiger partial charge in [0.25, 0.3) is 0 Å². The molecule has 38 heavy (non-hydrogen) atoms. The van der Waals surface area contributed by atoms with Gasteiger partial charge >= 0.3 is 6.18 Å². The van der Waals surface area contributed by atoms with E-state index < -0.39 is 23.0 Å². The van der Waals surface area contributed by atoms with Gasteiger partial charge in [-0.25, -0.2) is 4.68 Å². The Balaban J connectivity index is 1.53. The number of Topliss-reactive ketones (excluding diaryl/α,β-unsaturated/α-hetero) is 1. The van der Waals surface area contributed by atoms with E-state index in [2.05, 4.69) is 15.6 Å². The van der Waals surface area contributed by atoms with Gasteiger partial charge in [-0.3, -0.25) is 4.79 Å². The lowest BCUT2D eigenvalue weighted by molar-refractivity contribution is -0.137. The van der Waals surface area contributed by atoms with Crippen LogP contribution in [0.4, 0.5) is 13.2 Å². The van der Waals surface area contributed by atoms with E-state index in [1.54, 1.807) is 28.9 Å². The maximum absolute atomic E-state index is 13.5. The van der Waals surface area contributed by atoms with Gasteiger partial charge in [0.2, 0.25) is 10.9 Å². The number of nitrogens with one attached hydrogen (secondary N) is 1. The molecule has 198 valence electrons. The third-order valence-electron chi connectivity index (χ3n) is 5.96. The van der Waals surface area contributed by atoms with Gasteiger partial charge in [0.05, 0.1) is 33.2 Å². The van der Waals surface area contributed by atoms with Crippen molar-refractivity contribution in [1.29, 1.82) is 0 Å². The molecule has 3 heterocycles. The van der Waals surface area contributed by atoms with Crippen LogP contribution in [-0.4, -0.2) is 47.2 Å². The van der Waals surface area contributed by atoms with Crippen molar-refractivity contribution >= 4 is 17.5 Å². The van der Waals surface area contributed by atoms with Crippen LogP contribution < -0.4 is 19.6 Å². The van der Waals surface area contributed by atoms with Gasteiger partial charge in [0.1, 0.15) is 17.1 Å². The lowest BCUT2D eigenvalue weighted by Gasteiger charge is -2.31. The number of furan rings is 1. The fraction of sp³-hybridized carbons (Fsp3) is 0.240. The zero-order chi connectivity index (χ0) is 27.0. The van der Waals surface area contributed by atoms with Crippen molar-refractivity contribution < 1.29 is 36.6 Å². The number of rotatable bonds is 7. The van der Waals surface area contributed by atoms with Crippen molar-refractivity contribution in [2.45, 2.75) is 22.6 Å². The number of benzene rings is 2. The first-order valence-electron chi connectivity index (χ1n) is 11.2. The third kappa shape index (κ3) is 4.53. The zero-order valence-corrected chi connectivity index (χ0v) is 21.1. The normalized spacial score (nSPS) is 16.9. The van der Waals surface area contributed by atoms with Crippen molar-refractivity contribution in [3.05, 3.63) is 71.7 Å². The fourth-order valence-electron chi connectivity index (χ4n) is 4.12. The first-order valence-corrected chi connectivity index (χ1v) is 12.1. The molecule has 0 saturated carbocycles. The first kappa shape index (κ1) is 25.5. The van der Waals surface area contributed by atoms with Crippen LogP contribution in [0.2, 0.25) is 0 Å². The maximum atomic E-state index is 13.5. The summed E-state index contributed by atoms with van der Waals surface area (Å²) in [6.07, 6.45) is -3.03. The molecular weight excluding hydrogens is 525 g/mol. The summed E-state index contributed by atoms with van der Waals surface area (Å²) in [4.78, 5) is 13.5. The van der Waals surface area contributed by atoms with Crippen molar-refractivity contribution in [3.63, 3.8) is 0 Å². The van der Waals surface area contributed by atoms with Crippen LogP contribution in [0.3, 0.4) is 0 Å². The van der Waals surface area contributed by atoms with Gasteiger partial charge in [-0.1, -0.05) is 23.9 Å². The molecule has 9 nitrogen and oxygen atoms in total. The van der Waals surface area contributed by atoms with Gasteiger partial charge in [-0.2, -0.15) is 13.2 Å². The minimum Gasteiger partial charge on any atom is -0.493 e. The van der Waals surface area contributed by atoms with Crippen molar-refractivity contribution in [1.82, 2.24) is 14.9 Å². The topological polar surface area (TPSA) is 101 Å². The van der Waals surface area contributed by atoms with Gasteiger partial charge < -0.3 is 24.1 Å². The summed E-state index contributed by atoms with van der Waals surface area (Å²) in [6.45, 7) is 0. The molecule has 0 aliphatic carbocycles.